The number of hydrogen-bond donors (Lipinski definition) is 2. The van der Waals surface area contributed by atoms with Crippen molar-refractivity contribution in [3.8, 4) is 0 Å². The molecule has 0 aliphatic rings. The fourth-order valence-corrected chi connectivity index (χ4v) is 2.05. The Morgan fingerprint density at radius 3 is 2.55 bits per heavy atom. The zero-order valence-electron chi connectivity index (χ0n) is 12.1. The predicted molar refractivity (Wildman–Crippen MR) is 78.6 cm³/mol. The molecule has 6 nitrogen and oxygen atoms in total. The van der Waals surface area contributed by atoms with Crippen molar-refractivity contribution in [3.05, 3.63) is 59.5 Å². The number of nitrogens with one attached hydrogen (secondary N) is 1. The van der Waals surface area contributed by atoms with E-state index in [9.17, 15) is 9.59 Å². The number of amides is 1. The zero-order valence-corrected chi connectivity index (χ0v) is 12.1. The van der Waals surface area contributed by atoms with E-state index in [1.165, 1.54) is 18.4 Å². The molecule has 1 aromatic heterocycles. The number of rotatable bonds is 7. The second kappa shape index (κ2) is 7.42. The van der Waals surface area contributed by atoms with Crippen LogP contribution in [0, 0.1) is 0 Å². The lowest BCUT2D eigenvalue weighted by Crippen LogP contribution is -2.32. The monoisotopic (exact) mass is 303 g/mol. The van der Waals surface area contributed by atoms with Gasteiger partial charge in [0.2, 0.25) is 5.91 Å². The molecule has 2 N–H and O–H groups in total. The Morgan fingerprint density at radius 1 is 1.27 bits per heavy atom. The van der Waals surface area contributed by atoms with Crippen LogP contribution in [-0.4, -0.2) is 30.7 Å². The van der Waals surface area contributed by atoms with Gasteiger partial charge in [0.25, 0.3) is 0 Å². The second-order valence-corrected chi connectivity index (χ2v) is 4.77. The number of benzene rings is 1. The summed E-state index contributed by atoms with van der Waals surface area (Å²) < 4.78 is 10.4. The summed E-state index contributed by atoms with van der Waals surface area (Å²) in [5.41, 5.74) is 0.926. The van der Waals surface area contributed by atoms with Crippen molar-refractivity contribution in [3.63, 3.8) is 0 Å². The van der Waals surface area contributed by atoms with Crippen LogP contribution in [0.1, 0.15) is 27.7 Å². The maximum Gasteiger partial charge on any atom is 0.335 e. The molecule has 1 unspecified atom stereocenters. The molecule has 0 aliphatic carbocycles. The number of furan rings is 1. The van der Waals surface area contributed by atoms with E-state index in [0.717, 1.165) is 5.56 Å². The van der Waals surface area contributed by atoms with Crippen LogP contribution in [0.25, 0.3) is 0 Å². The molecule has 2 rings (SSSR count). The van der Waals surface area contributed by atoms with Gasteiger partial charge in [-0.05, 0) is 29.8 Å². The largest absolute Gasteiger partial charge is 0.478 e. The number of ether oxygens (including phenoxy) is 1. The Balaban J connectivity index is 1.97. The Hall–Kier alpha value is -2.60. The minimum atomic E-state index is -0.992. The molecule has 1 aromatic carbocycles. The van der Waals surface area contributed by atoms with Gasteiger partial charge in [-0.25, -0.2) is 4.79 Å². The first-order valence-corrected chi connectivity index (χ1v) is 6.74. The van der Waals surface area contributed by atoms with Crippen LogP contribution in [-0.2, 0) is 16.0 Å². The van der Waals surface area contributed by atoms with Crippen LogP contribution in [0.5, 0.6) is 0 Å². The fraction of sp³-hybridized carbons (Fsp3) is 0.250. The third-order valence-corrected chi connectivity index (χ3v) is 3.12. The van der Waals surface area contributed by atoms with Crippen LogP contribution < -0.4 is 5.32 Å². The third kappa shape index (κ3) is 4.20. The molecule has 116 valence electrons. The van der Waals surface area contributed by atoms with Crippen molar-refractivity contribution >= 4 is 11.9 Å². The molecule has 0 bridgehead atoms. The maximum absolute atomic E-state index is 12.1. The molecule has 0 saturated heterocycles. The SMILES string of the molecule is COCC(NC(=O)Cc1ccc(C(=O)O)cc1)c1ccco1. The summed E-state index contributed by atoms with van der Waals surface area (Å²) in [6.45, 7) is 0.303. The Morgan fingerprint density at radius 2 is 2.00 bits per heavy atom. The molecular weight excluding hydrogens is 286 g/mol. The summed E-state index contributed by atoms with van der Waals surface area (Å²) in [6, 6.07) is 9.36. The minimum Gasteiger partial charge on any atom is -0.478 e. The molecule has 1 amide bonds. The topological polar surface area (TPSA) is 88.8 Å². The third-order valence-electron chi connectivity index (χ3n) is 3.12. The van der Waals surface area contributed by atoms with E-state index >= 15 is 0 Å². The van der Waals surface area contributed by atoms with Gasteiger partial charge in [-0.1, -0.05) is 12.1 Å². The Bertz CT molecular complexity index is 618. The summed E-state index contributed by atoms with van der Waals surface area (Å²) in [4.78, 5) is 22.9. The number of carbonyl (C=O) groups excluding carboxylic acids is 1. The van der Waals surface area contributed by atoms with Gasteiger partial charge in [-0.2, -0.15) is 0 Å². The highest BCUT2D eigenvalue weighted by atomic mass is 16.5. The summed E-state index contributed by atoms with van der Waals surface area (Å²) in [5, 5.41) is 11.7. The zero-order chi connectivity index (χ0) is 15.9. The predicted octanol–water partition coefficient (Wildman–Crippen LogP) is 2.02. The van der Waals surface area contributed by atoms with Gasteiger partial charge < -0.3 is 19.6 Å². The second-order valence-electron chi connectivity index (χ2n) is 4.77. The van der Waals surface area contributed by atoms with E-state index in [2.05, 4.69) is 5.32 Å². The molecule has 0 fully saturated rings. The number of aromatic carboxylic acids is 1. The molecule has 22 heavy (non-hydrogen) atoms. The highest BCUT2D eigenvalue weighted by molar-refractivity contribution is 5.87. The van der Waals surface area contributed by atoms with Crippen molar-refractivity contribution in [2.24, 2.45) is 0 Å². The highest BCUT2D eigenvalue weighted by Gasteiger charge is 2.17. The highest BCUT2D eigenvalue weighted by Crippen LogP contribution is 2.14. The van der Waals surface area contributed by atoms with Crippen molar-refractivity contribution in [2.45, 2.75) is 12.5 Å². The van der Waals surface area contributed by atoms with Crippen LogP contribution in [0.15, 0.2) is 47.1 Å². The first kappa shape index (κ1) is 15.8. The van der Waals surface area contributed by atoms with Crippen molar-refractivity contribution in [1.82, 2.24) is 5.32 Å². The summed E-state index contributed by atoms with van der Waals surface area (Å²) in [7, 11) is 1.55. The van der Waals surface area contributed by atoms with Crippen LogP contribution in [0.4, 0.5) is 0 Å². The number of carboxylic acid groups (broad SMARTS) is 1. The van der Waals surface area contributed by atoms with E-state index in [-0.39, 0.29) is 23.9 Å². The van der Waals surface area contributed by atoms with Crippen molar-refractivity contribution in [2.75, 3.05) is 13.7 Å². The van der Waals surface area contributed by atoms with Crippen molar-refractivity contribution < 1.29 is 23.8 Å². The molecule has 0 aliphatic heterocycles. The van der Waals surface area contributed by atoms with Gasteiger partial charge in [0.15, 0.2) is 0 Å². The van der Waals surface area contributed by atoms with Gasteiger partial charge in [0.05, 0.1) is 24.9 Å². The minimum absolute atomic E-state index is 0.154. The molecule has 1 atom stereocenters. The average molecular weight is 303 g/mol. The van der Waals surface area contributed by atoms with Crippen LogP contribution >= 0.6 is 0 Å². The molecule has 1 heterocycles. The van der Waals surface area contributed by atoms with E-state index in [1.54, 1.807) is 31.4 Å². The first-order valence-electron chi connectivity index (χ1n) is 6.74. The number of carbonyl (C=O) groups is 2. The molecule has 2 aromatic rings. The number of methoxy groups -OCH3 is 1. The lowest BCUT2D eigenvalue weighted by Gasteiger charge is -2.15. The van der Waals surface area contributed by atoms with Crippen molar-refractivity contribution in [1.29, 1.82) is 0 Å². The van der Waals surface area contributed by atoms with Crippen LogP contribution in [0.2, 0.25) is 0 Å². The Labute approximate surface area is 127 Å². The van der Waals surface area contributed by atoms with E-state index in [0.29, 0.717) is 12.4 Å². The van der Waals surface area contributed by atoms with Gasteiger partial charge in [0.1, 0.15) is 11.8 Å². The lowest BCUT2D eigenvalue weighted by molar-refractivity contribution is -0.121. The van der Waals surface area contributed by atoms with Gasteiger partial charge in [-0.15, -0.1) is 0 Å². The Kier molecular flexibility index (Phi) is 5.32. The average Bonchev–Trinajstić information content (AvgIpc) is 3.01. The summed E-state index contributed by atoms with van der Waals surface area (Å²) in [5.74, 6) is -0.563. The van der Waals surface area contributed by atoms with E-state index < -0.39 is 5.97 Å². The standard InChI is InChI=1S/C16H17NO5/c1-21-10-13(14-3-2-8-22-14)17-15(18)9-11-4-6-12(7-5-11)16(19)20/h2-8,13H,9-10H2,1H3,(H,17,18)(H,19,20). The molecular formula is C16H17NO5. The fourth-order valence-electron chi connectivity index (χ4n) is 2.05. The lowest BCUT2D eigenvalue weighted by atomic mass is 10.1. The molecule has 0 saturated carbocycles. The number of hydrogen-bond acceptors (Lipinski definition) is 4. The maximum atomic E-state index is 12.1. The van der Waals surface area contributed by atoms with E-state index in [1.807, 2.05) is 0 Å². The molecule has 0 radical (unpaired) electrons. The van der Waals surface area contributed by atoms with Gasteiger partial charge in [-0.3, -0.25) is 4.79 Å². The summed E-state index contributed by atoms with van der Waals surface area (Å²) >= 11 is 0. The molecule has 0 spiro atoms. The summed E-state index contributed by atoms with van der Waals surface area (Å²) in [6.07, 6.45) is 1.69. The van der Waals surface area contributed by atoms with Gasteiger partial charge >= 0.3 is 5.97 Å². The number of carboxylic acids is 1. The smallest absolute Gasteiger partial charge is 0.335 e. The van der Waals surface area contributed by atoms with Crippen LogP contribution in [0.3, 0.4) is 0 Å². The van der Waals surface area contributed by atoms with E-state index in [4.69, 9.17) is 14.3 Å². The normalized spacial score (nSPS) is 11.9. The first-order chi connectivity index (χ1) is 10.6. The molecule has 6 heteroatoms. The quantitative estimate of drug-likeness (QED) is 0.817. The van der Waals surface area contributed by atoms with Gasteiger partial charge in [0, 0.05) is 7.11 Å².